The van der Waals surface area contributed by atoms with Gasteiger partial charge in [-0.15, -0.1) is 0 Å². The fraction of sp³-hybridized carbons (Fsp3) is 0.423. The van der Waals surface area contributed by atoms with E-state index in [4.69, 9.17) is 9.84 Å². The van der Waals surface area contributed by atoms with Crippen LogP contribution in [0.1, 0.15) is 49.7 Å². The minimum atomic E-state index is -1.05. The van der Waals surface area contributed by atoms with Gasteiger partial charge in [-0.1, -0.05) is 55.0 Å². The summed E-state index contributed by atoms with van der Waals surface area (Å²) in [6.45, 7) is 2.16. The van der Waals surface area contributed by atoms with Crippen molar-refractivity contribution in [2.24, 2.45) is 11.8 Å². The summed E-state index contributed by atoms with van der Waals surface area (Å²) in [4.78, 5) is 35.8. The molecule has 2 amide bonds. The van der Waals surface area contributed by atoms with Gasteiger partial charge >= 0.3 is 12.1 Å². The van der Waals surface area contributed by atoms with Crippen LogP contribution in [0.2, 0.25) is 0 Å². The average Bonchev–Trinajstić information content (AvgIpc) is 3.15. The first-order chi connectivity index (χ1) is 15.9. The molecule has 7 heteroatoms. The molecule has 3 atom stereocenters. The molecule has 0 bridgehead atoms. The van der Waals surface area contributed by atoms with Crippen molar-refractivity contribution in [2.45, 2.75) is 44.6 Å². The molecule has 0 spiro atoms. The molecule has 2 unspecified atom stereocenters. The molecular formula is C26H30N2O5. The SMILES string of the molecule is C[C@@H](NC(=O)C1CCCC(CNC(=O)OCC2c3ccccc3-c3ccccc32)C1)C(=O)O. The number of alkyl carbamates (subject to hydrolysis) is 1. The largest absolute Gasteiger partial charge is 0.480 e. The van der Waals surface area contributed by atoms with E-state index >= 15 is 0 Å². The summed E-state index contributed by atoms with van der Waals surface area (Å²) >= 11 is 0. The third-order valence-corrected chi connectivity index (χ3v) is 6.76. The number of carbonyl (C=O) groups is 3. The van der Waals surface area contributed by atoms with Crippen molar-refractivity contribution >= 4 is 18.0 Å². The Morgan fingerprint density at radius 3 is 2.30 bits per heavy atom. The Balaban J connectivity index is 1.27. The maximum atomic E-state index is 12.4. The molecule has 0 heterocycles. The third kappa shape index (κ3) is 5.18. The summed E-state index contributed by atoms with van der Waals surface area (Å²) in [6, 6.07) is 15.5. The van der Waals surface area contributed by atoms with Gasteiger partial charge in [-0.25, -0.2) is 4.79 Å². The van der Waals surface area contributed by atoms with Crippen molar-refractivity contribution in [3.63, 3.8) is 0 Å². The number of carbonyl (C=O) groups excluding carboxylic acids is 2. The van der Waals surface area contributed by atoms with E-state index in [0.29, 0.717) is 13.0 Å². The predicted octanol–water partition coefficient (Wildman–Crippen LogP) is 3.92. The highest BCUT2D eigenvalue weighted by molar-refractivity contribution is 5.84. The second-order valence-electron chi connectivity index (χ2n) is 9.00. The molecule has 1 fully saturated rings. The first-order valence-electron chi connectivity index (χ1n) is 11.6. The molecule has 0 aliphatic heterocycles. The molecule has 3 N–H and O–H groups in total. The van der Waals surface area contributed by atoms with E-state index in [1.807, 2.05) is 24.3 Å². The zero-order chi connectivity index (χ0) is 23.4. The number of fused-ring (bicyclic) bond motifs is 3. The van der Waals surface area contributed by atoms with Crippen LogP contribution in [0.25, 0.3) is 11.1 Å². The van der Waals surface area contributed by atoms with Crippen LogP contribution < -0.4 is 10.6 Å². The number of carboxylic acids is 1. The van der Waals surface area contributed by atoms with E-state index in [0.717, 1.165) is 19.3 Å². The molecule has 0 aromatic heterocycles. The first kappa shape index (κ1) is 22.8. The number of ether oxygens (including phenoxy) is 1. The van der Waals surface area contributed by atoms with E-state index in [1.165, 1.54) is 29.2 Å². The van der Waals surface area contributed by atoms with Crippen LogP contribution in [-0.2, 0) is 14.3 Å². The Kier molecular flexibility index (Phi) is 6.96. The molecule has 33 heavy (non-hydrogen) atoms. The maximum Gasteiger partial charge on any atom is 0.407 e. The fourth-order valence-corrected chi connectivity index (χ4v) is 4.98. The van der Waals surface area contributed by atoms with Crippen molar-refractivity contribution in [1.82, 2.24) is 10.6 Å². The van der Waals surface area contributed by atoms with Crippen molar-refractivity contribution in [2.75, 3.05) is 13.2 Å². The lowest BCUT2D eigenvalue weighted by Gasteiger charge is -2.29. The van der Waals surface area contributed by atoms with Gasteiger partial charge in [0, 0.05) is 18.4 Å². The highest BCUT2D eigenvalue weighted by Crippen LogP contribution is 2.44. The molecule has 1 saturated carbocycles. The first-order valence-corrected chi connectivity index (χ1v) is 11.6. The van der Waals surface area contributed by atoms with Gasteiger partial charge in [0.2, 0.25) is 5.91 Å². The van der Waals surface area contributed by atoms with Crippen LogP contribution in [-0.4, -0.2) is 42.3 Å². The predicted molar refractivity (Wildman–Crippen MR) is 124 cm³/mol. The van der Waals surface area contributed by atoms with E-state index in [2.05, 4.69) is 34.9 Å². The van der Waals surface area contributed by atoms with Crippen LogP contribution in [0.15, 0.2) is 48.5 Å². The van der Waals surface area contributed by atoms with Gasteiger partial charge in [0.05, 0.1) is 0 Å². The molecule has 174 valence electrons. The monoisotopic (exact) mass is 450 g/mol. The zero-order valence-corrected chi connectivity index (χ0v) is 18.8. The van der Waals surface area contributed by atoms with Crippen molar-refractivity contribution in [1.29, 1.82) is 0 Å². The van der Waals surface area contributed by atoms with Crippen molar-refractivity contribution < 1.29 is 24.2 Å². The quantitative estimate of drug-likeness (QED) is 0.593. The van der Waals surface area contributed by atoms with E-state index in [1.54, 1.807) is 0 Å². The van der Waals surface area contributed by atoms with E-state index < -0.39 is 18.1 Å². The number of aliphatic carboxylic acids is 1. The molecule has 2 aliphatic carbocycles. The van der Waals surface area contributed by atoms with Gasteiger partial charge in [0.15, 0.2) is 0 Å². The highest BCUT2D eigenvalue weighted by atomic mass is 16.5. The van der Waals surface area contributed by atoms with Gasteiger partial charge in [-0.2, -0.15) is 0 Å². The summed E-state index contributed by atoms with van der Waals surface area (Å²) in [5.41, 5.74) is 4.71. The summed E-state index contributed by atoms with van der Waals surface area (Å²) in [6.07, 6.45) is 2.70. The van der Waals surface area contributed by atoms with Crippen LogP contribution >= 0.6 is 0 Å². The molecule has 0 radical (unpaired) electrons. The number of amides is 2. The van der Waals surface area contributed by atoms with Gasteiger partial charge in [-0.05, 0) is 54.4 Å². The fourth-order valence-electron chi connectivity index (χ4n) is 4.98. The summed E-state index contributed by atoms with van der Waals surface area (Å²) in [7, 11) is 0. The summed E-state index contributed by atoms with van der Waals surface area (Å²) in [5, 5.41) is 14.4. The number of hydrogen-bond donors (Lipinski definition) is 3. The van der Waals surface area contributed by atoms with Crippen LogP contribution in [0.5, 0.6) is 0 Å². The number of carboxylic acid groups (broad SMARTS) is 1. The second kappa shape index (κ2) is 10.1. The average molecular weight is 451 g/mol. The lowest BCUT2D eigenvalue weighted by molar-refractivity contribution is -0.142. The van der Waals surface area contributed by atoms with Crippen LogP contribution in [0.3, 0.4) is 0 Å². The Bertz CT molecular complexity index is 991. The van der Waals surface area contributed by atoms with Crippen molar-refractivity contribution in [3.8, 4) is 11.1 Å². The van der Waals surface area contributed by atoms with E-state index in [-0.39, 0.29) is 30.3 Å². The third-order valence-electron chi connectivity index (χ3n) is 6.76. The Morgan fingerprint density at radius 1 is 1.03 bits per heavy atom. The Hall–Kier alpha value is -3.35. The number of nitrogens with one attached hydrogen (secondary N) is 2. The lowest BCUT2D eigenvalue weighted by Crippen LogP contribution is -2.43. The molecule has 0 saturated heterocycles. The number of benzene rings is 2. The van der Waals surface area contributed by atoms with Gasteiger partial charge in [0.1, 0.15) is 12.6 Å². The topological polar surface area (TPSA) is 105 Å². The Labute approximate surface area is 193 Å². The standard InChI is InChI=1S/C26H30N2O5/c1-16(25(30)31)28-24(29)18-8-6-7-17(13-18)14-27-26(32)33-15-23-21-11-4-2-9-19(21)20-10-3-5-12-22(20)23/h2-5,9-12,16-18,23H,6-8,13-15H2,1H3,(H,27,32)(H,28,29)(H,30,31)/t16-,17?,18?/m1/s1. The maximum absolute atomic E-state index is 12.4. The number of rotatable bonds is 7. The number of hydrogen-bond acceptors (Lipinski definition) is 4. The van der Waals surface area contributed by atoms with Gasteiger partial charge in [0.25, 0.3) is 0 Å². The van der Waals surface area contributed by atoms with E-state index in [9.17, 15) is 14.4 Å². The molecule has 2 aliphatic rings. The summed E-state index contributed by atoms with van der Waals surface area (Å²) in [5.74, 6) is -1.32. The lowest BCUT2D eigenvalue weighted by atomic mass is 9.81. The minimum absolute atomic E-state index is 0.0159. The smallest absolute Gasteiger partial charge is 0.407 e. The normalized spacial score (nSPS) is 20.3. The molecule has 2 aromatic carbocycles. The van der Waals surface area contributed by atoms with Gasteiger partial charge in [-0.3, -0.25) is 9.59 Å². The minimum Gasteiger partial charge on any atom is -0.480 e. The molecule has 4 rings (SSSR count). The van der Waals surface area contributed by atoms with Crippen LogP contribution in [0, 0.1) is 11.8 Å². The molecule has 7 nitrogen and oxygen atoms in total. The summed E-state index contributed by atoms with van der Waals surface area (Å²) < 4.78 is 5.59. The van der Waals surface area contributed by atoms with Crippen molar-refractivity contribution in [3.05, 3.63) is 59.7 Å². The van der Waals surface area contributed by atoms with Gasteiger partial charge < -0.3 is 20.5 Å². The second-order valence-corrected chi connectivity index (χ2v) is 9.00. The Morgan fingerprint density at radius 2 is 1.67 bits per heavy atom. The highest BCUT2D eigenvalue weighted by Gasteiger charge is 2.31. The van der Waals surface area contributed by atoms with Crippen LogP contribution in [0.4, 0.5) is 4.79 Å². The zero-order valence-electron chi connectivity index (χ0n) is 18.8. The molecule has 2 aromatic rings. The molecular weight excluding hydrogens is 420 g/mol.